The Bertz CT molecular complexity index is 883. The maximum absolute atomic E-state index is 12.9. The fraction of sp³-hybridized carbons (Fsp3) is 0.368. The summed E-state index contributed by atoms with van der Waals surface area (Å²) < 4.78 is 27.4. The van der Waals surface area contributed by atoms with Gasteiger partial charge in [-0.3, -0.25) is 0 Å². The maximum atomic E-state index is 12.9. The molecule has 1 aliphatic rings. The zero-order valence-corrected chi connectivity index (χ0v) is 16.3. The summed E-state index contributed by atoms with van der Waals surface area (Å²) in [5.74, 6) is 0. The van der Waals surface area contributed by atoms with E-state index in [-0.39, 0.29) is 10.9 Å². The van der Waals surface area contributed by atoms with Crippen LogP contribution in [-0.2, 0) is 10.0 Å². The number of halogens is 1. The summed E-state index contributed by atoms with van der Waals surface area (Å²) in [6, 6.07) is 13.4. The van der Waals surface area contributed by atoms with Crippen molar-refractivity contribution in [3.63, 3.8) is 0 Å². The second-order valence-corrected chi connectivity index (χ2v) is 9.00. The number of benzene rings is 2. The van der Waals surface area contributed by atoms with Gasteiger partial charge in [0.25, 0.3) is 0 Å². The summed E-state index contributed by atoms with van der Waals surface area (Å²) in [5.41, 5.74) is 3.22. The van der Waals surface area contributed by atoms with Crippen LogP contribution in [0.2, 0.25) is 5.02 Å². The molecular weight excluding hydrogens is 356 g/mol. The van der Waals surface area contributed by atoms with Crippen molar-refractivity contribution in [3.8, 4) is 0 Å². The van der Waals surface area contributed by atoms with Crippen molar-refractivity contribution in [1.29, 1.82) is 0 Å². The molecule has 2 aromatic rings. The first-order valence-electron chi connectivity index (χ1n) is 8.38. The molecule has 1 heterocycles. The first-order chi connectivity index (χ1) is 11.8. The minimum Gasteiger partial charge on any atom is -0.366 e. The smallest absolute Gasteiger partial charge is 0.243 e. The van der Waals surface area contributed by atoms with Crippen LogP contribution in [0.25, 0.3) is 0 Å². The first kappa shape index (κ1) is 18.2. The zero-order chi connectivity index (χ0) is 18.2. The molecule has 1 aliphatic heterocycles. The second-order valence-electron chi connectivity index (χ2n) is 6.66. The molecule has 1 saturated heterocycles. The Morgan fingerprint density at radius 2 is 1.84 bits per heavy atom. The quantitative estimate of drug-likeness (QED) is 0.814. The fourth-order valence-corrected chi connectivity index (χ4v) is 5.00. The molecule has 1 atom stereocenters. The highest BCUT2D eigenvalue weighted by atomic mass is 35.5. The summed E-state index contributed by atoms with van der Waals surface area (Å²) in [5, 5.41) is 0.479. The first-order valence-corrected chi connectivity index (χ1v) is 10.2. The highest BCUT2D eigenvalue weighted by Gasteiger charge is 2.32. The Morgan fingerprint density at radius 3 is 2.48 bits per heavy atom. The molecule has 6 heteroatoms. The predicted molar refractivity (Wildman–Crippen MR) is 103 cm³/mol. The molecule has 0 amide bonds. The van der Waals surface area contributed by atoms with Crippen LogP contribution in [-0.4, -0.2) is 38.4 Å². The molecule has 0 aliphatic carbocycles. The van der Waals surface area contributed by atoms with Crippen LogP contribution in [0.1, 0.15) is 18.1 Å². The number of hydrogen-bond donors (Lipinski definition) is 0. The van der Waals surface area contributed by atoms with Gasteiger partial charge in [0, 0.05) is 36.4 Å². The molecule has 134 valence electrons. The van der Waals surface area contributed by atoms with E-state index < -0.39 is 10.0 Å². The molecule has 0 saturated carbocycles. The number of hydrogen-bond acceptors (Lipinski definition) is 3. The van der Waals surface area contributed by atoms with Crippen molar-refractivity contribution in [2.45, 2.75) is 31.7 Å². The normalized spacial score (nSPS) is 19.2. The molecule has 3 rings (SSSR count). The van der Waals surface area contributed by atoms with E-state index >= 15 is 0 Å². The van der Waals surface area contributed by atoms with Gasteiger partial charge in [-0.15, -0.1) is 0 Å². The lowest BCUT2D eigenvalue weighted by molar-refractivity contribution is 0.342. The second kappa shape index (κ2) is 6.98. The van der Waals surface area contributed by atoms with E-state index in [0.29, 0.717) is 24.7 Å². The molecule has 25 heavy (non-hydrogen) atoms. The Kier molecular flexibility index (Phi) is 5.09. The topological polar surface area (TPSA) is 40.6 Å². The van der Waals surface area contributed by atoms with E-state index in [9.17, 15) is 8.42 Å². The number of rotatable bonds is 3. The molecule has 0 bridgehead atoms. The molecule has 1 unspecified atom stereocenters. The molecule has 0 aromatic heterocycles. The average molecular weight is 379 g/mol. The van der Waals surface area contributed by atoms with Crippen molar-refractivity contribution in [2.75, 3.05) is 24.5 Å². The minimum absolute atomic E-state index is 0.103. The van der Waals surface area contributed by atoms with E-state index in [2.05, 4.69) is 36.9 Å². The van der Waals surface area contributed by atoms with Crippen LogP contribution >= 0.6 is 11.6 Å². The Morgan fingerprint density at radius 1 is 1.08 bits per heavy atom. The summed E-state index contributed by atoms with van der Waals surface area (Å²) in [6.07, 6.45) is 0. The van der Waals surface area contributed by atoms with Crippen molar-refractivity contribution >= 4 is 27.3 Å². The summed E-state index contributed by atoms with van der Waals surface area (Å²) in [7, 11) is -3.53. The molecule has 2 aromatic carbocycles. The molecule has 0 N–H and O–H groups in total. The fourth-order valence-electron chi connectivity index (χ4n) is 3.22. The molecule has 1 fully saturated rings. The van der Waals surface area contributed by atoms with Crippen molar-refractivity contribution in [1.82, 2.24) is 4.31 Å². The van der Waals surface area contributed by atoms with Gasteiger partial charge in [-0.1, -0.05) is 29.8 Å². The molecule has 0 spiro atoms. The highest BCUT2D eigenvalue weighted by Crippen LogP contribution is 2.27. The van der Waals surface area contributed by atoms with E-state index in [4.69, 9.17) is 11.6 Å². The van der Waals surface area contributed by atoms with Crippen LogP contribution in [0.4, 0.5) is 5.69 Å². The van der Waals surface area contributed by atoms with Crippen LogP contribution in [0.3, 0.4) is 0 Å². The van der Waals surface area contributed by atoms with Crippen LogP contribution in [0.15, 0.2) is 47.4 Å². The number of aryl methyl sites for hydroxylation is 2. The third-order valence-electron chi connectivity index (χ3n) is 4.70. The standard InChI is InChI=1S/C19H23ClN2O2S/c1-14-5-4-6-17(11-14)22-10-9-21(13-16(22)3)25(23,24)18-8-7-15(2)19(20)12-18/h4-8,11-12,16H,9-10,13H2,1-3H3. The molecule has 4 nitrogen and oxygen atoms in total. The Balaban J connectivity index is 1.81. The summed E-state index contributed by atoms with van der Waals surface area (Å²) >= 11 is 6.11. The van der Waals surface area contributed by atoms with Crippen molar-refractivity contribution in [3.05, 3.63) is 58.6 Å². The van der Waals surface area contributed by atoms with Crippen molar-refractivity contribution < 1.29 is 8.42 Å². The van der Waals surface area contributed by atoms with E-state index in [0.717, 1.165) is 11.3 Å². The Hall–Kier alpha value is -1.56. The summed E-state index contributed by atoms with van der Waals surface area (Å²) in [6.45, 7) is 7.58. The van der Waals surface area contributed by atoms with E-state index in [1.165, 1.54) is 5.56 Å². The maximum Gasteiger partial charge on any atom is 0.243 e. The zero-order valence-electron chi connectivity index (χ0n) is 14.7. The Labute approximate surface area is 155 Å². The van der Waals surface area contributed by atoms with Crippen LogP contribution < -0.4 is 4.90 Å². The van der Waals surface area contributed by atoms with Gasteiger partial charge >= 0.3 is 0 Å². The van der Waals surface area contributed by atoms with Gasteiger partial charge in [-0.05, 0) is 56.2 Å². The average Bonchev–Trinajstić information content (AvgIpc) is 2.57. The van der Waals surface area contributed by atoms with Gasteiger partial charge in [-0.25, -0.2) is 8.42 Å². The van der Waals surface area contributed by atoms with Crippen LogP contribution in [0, 0.1) is 13.8 Å². The summed E-state index contributed by atoms with van der Waals surface area (Å²) in [4.78, 5) is 2.53. The third kappa shape index (κ3) is 3.68. The molecule has 0 radical (unpaired) electrons. The van der Waals surface area contributed by atoms with Gasteiger partial charge in [0.2, 0.25) is 10.0 Å². The van der Waals surface area contributed by atoms with Gasteiger partial charge in [0.1, 0.15) is 0 Å². The lowest BCUT2D eigenvalue weighted by Crippen LogP contribution is -2.53. The van der Waals surface area contributed by atoms with E-state index in [1.807, 2.05) is 13.0 Å². The van der Waals surface area contributed by atoms with Gasteiger partial charge in [0.05, 0.1) is 4.90 Å². The minimum atomic E-state index is -3.53. The number of piperazine rings is 1. The third-order valence-corrected chi connectivity index (χ3v) is 6.97. The predicted octanol–water partition coefficient (Wildman–Crippen LogP) is 3.86. The number of sulfonamides is 1. The highest BCUT2D eigenvalue weighted by molar-refractivity contribution is 7.89. The van der Waals surface area contributed by atoms with Crippen molar-refractivity contribution in [2.24, 2.45) is 0 Å². The number of anilines is 1. The lowest BCUT2D eigenvalue weighted by atomic mass is 10.1. The largest absolute Gasteiger partial charge is 0.366 e. The van der Waals surface area contributed by atoms with Gasteiger partial charge < -0.3 is 4.90 Å². The molecular formula is C19H23ClN2O2S. The van der Waals surface area contributed by atoms with Gasteiger partial charge in [0.15, 0.2) is 0 Å². The SMILES string of the molecule is Cc1cccc(N2CCN(S(=O)(=O)c3ccc(C)c(Cl)c3)CC2C)c1. The monoisotopic (exact) mass is 378 g/mol. The lowest BCUT2D eigenvalue weighted by Gasteiger charge is -2.40. The number of nitrogens with zero attached hydrogens (tertiary/aromatic N) is 2. The van der Waals surface area contributed by atoms with Gasteiger partial charge in [-0.2, -0.15) is 4.31 Å². The van der Waals surface area contributed by atoms with Crippen LogP contribution in [0.5, 0.6) is 0 Å². The van der Waals surface area contributed by atoms with E-state index in [1.54, 1.807) is 22.5 Å².